The van der Waals surface area contributed by atoms with E-state index in [1.54, 1.807) is 0 Å². The summed E-state index contributed by atoms with van der Waals surface area (Å²) in [6.07, 6.45) is 1.36. The summed E-state index contributed by atoms with van der Waals surface area (Å²) in [6, 6.07) is 2.46. The van der Waals surface area contributed by atoms with Crippen LogP contribution in [0.3, 0.4) is 0 Å². The highest BCUT2D eigenvalue weighted by Crippen LogP contribution is 2.56. The van der Waals surface area contributed by atoms with Crippen molar-refractivity contribution in [1.82, 2.24) is 4.90 Å². The molecule has 4 rings (SSSR count). The van der Waals surface area contributed by atoms with Gasteiger partial charge in [-0.15, -0.1) is 0 Å². The Labute approximate surface area is 139 Å². The SMILES string of the molecule is CCN1CC2C(C1)C2/C(C=N)=C1\Nc2cc(F)cc(C(N)=O)c2N1. The van der Waals surface area contributed by atoms with E-state index in [0.717, 1.165) is 31.3 Å². The van der Waals surface area contributed by atoms with E-state index in [1.807, 2.05) is 0 Å². The number of anilines is 2. The molecule has 1 aromatic rings. The minimum absolute atomic E-state index is 0.116. The molecule has 0 aromatic heterocycles. The van der Waals surface area contributed by atoms with Gasteiger partial charge < -0.3 is 26.7 Å². The Morgan fingerprint density at radius 2 is 2.12 bits per heavy atom. The molecule has 2 unspecified atom stereocenters. The van der Waals surface area contributed by atoms with Gasteiger partial charge in [0.2, 0.25) is 0 Å². The largest absolute Gasteiger partial charge is 0.366 e. The van der Waals surface area contributed by atoms with E-state index in [-0.39, 0.29) is 5.56 Å². The third-order valence-corrected chi connectivity index (χ3v) is 5.40. The molecule has 0 radical (unpaired) electrons. The first-order valence-corrected chi connectivity index (χ1v) is 8.17. The van der Waals surface area contributed by atoms with E-state index >= 15 is 0 Å². The summed E-state index contributed by atoms with van der Waals surface area (Å²) in [5, 5.41) is 14.1. The Hall–Kier alpha value is -2.41. The van der Waals surface area contributed by atoms with E-state index in [1.165, 1.54) is 12.3 Å². The monoisotopic (exact) mass is 329 g/mol. The molecular weight excluding hydrogens is 309 g/mol. The summed E-state index contributed by atoms with van der Waals surface area (Å²) in [5.41, 5.74) is 7.32. The highest BCUT2D eigenvalue weighted by atomic mass is 19.1. The number of primary amides is 1. The molecular formula is C17H20FN5O. The average Bonchev–Trinajstić information content (AvgIpc) is 2.91. The first-order chi connectivity index (χ1) is 11.5. The first kappa shape index (κ1) is 15.1. The van der Waals surface area contributed by atoms with Crippen molar-refractivity contribution in [2.45, 2.75) is 6.92 Å². The molecule has 3 aliphatic rings. The molecule has 2 aliphatic heterocycles. The molecule has 7 heteroatoms. The molecule has 1 aromatic carbocycles. The smallest absolute Gasteiger partial charge is 0.250 e. The highest BCUT2D eigenvalue weighted by molar-refractivity contribution is 6.04. The Kier molecular flexibility index (Phi) is 3.35. The molecule has 2 fully saturated rings. The minimum atomic E-state index is -0.681. The molecule has 6 nitrogen and oxygen atoms in total. The number of rotatable bonds is 4. The zero-order chi connectivity index (χ0) is 17.0. The van der Waals surface area contributed by atoms with Crippen molar-refractivity contribution in [3.05, 3.63) is 34.9 Å². The minimum Gasteiger partial charge on any atom is -0.366 e. The second kappa shape index (κ2) is 5.31. The van der Waals surface area contributed by atoms with Crippen molar-refractivity contribution in [3.8, 4) is 0 Å². The fourth-order valence-electron chi connectivity index (χ4n) is 4.14. The van der Waals surface area contributed by atoms with Crippen LogP contribution in [0.5, 0.6) is 0 Å². The van der Waals surface area contributed by atoms with E-state index < -0.39 is 11.7 Å². The molecule has 2 atom stereocenters. The number of fused-ring (bicyclic) bond motifs is 2. The predicted molar refractivity (Wildman–Crippen MR) is 90.6 cm³/mol. The number of carbonyl (C=O) groups is 1. The van der Waals surface area contributed by atoms with Gasteiger partial charge in [-0.2, -0.15) is 0 Å². The van der Waals surface area contributed by atoms with Crippen LogP contribution in [-0.4, -0.2) is 36.7 Å². The van der Waals surface area contributed by atoms with Crippen molar-refractivity contribution < 1.29 is 9.18 Å². The van der Waals surface area contributed by atoms with Crippen LogP contribution in [0.2, 0.25) is 0 Å². The Morgan fingerprint density at radius 3 is 2.71 bits per heavy atom. The maximum atomic E-state index is 13.7. The Balaban J connectivity index is 1.64. The summed E-state index contributed by atoms with van der Waals surface area (Å²) >= 11 is 0. The van der Waals surface area contributed by atoms with E-state index in [0.29, 0.717) is 34.9 Å². The number of piperidine rings is 1. The van der Waals surface area contributed by atoms with Crippen LogP contribution in [0, 0.1) is 29.0 Å². The number of benzene rings is 1. The van der Waals surface area contributed by atoms with Crippen LogP contribution >= 0.6 is 0 Å². The van der Waals surface area contributed by atoms with Crippen molar-refractivity contribution in [3.63, 3.8) is 0 Å². The standard InChI is InChI=1S/C17H20FN5O/c1-2-23-6-11-12(7-23)14(11)10(5-19)17-21-13-4-8(18)3-9(16(20)24)15(13)22-17/h3-5,11-12,14,19,21-22H,2,6-7H2,1H3,(H2,20,24)/b17-10+,19-5?. The van der Waals surface area contributed by atoms with Crippen molar-refractivity contribution in [1.29, 1.82) is 5.41 Å². The molecule has 2 heterocycles. The lowest BCUT2D eigenvalue weighted by Crippen LogP contribution is -2.25. The van der Waals surface area contributed by atoms with Gasteiger partial charge in [0.25, 0.3) is 5.91 Å². The van der Waals surface area contributed by atoms with Crippen molar-refractivity contribution in [2.75, 3.05) is 30.3 Å². The molecule has 0 spiro atoms. The van der Waals surface area contributed by atoms with Gasteiger partial charge in [-0.05, 0) is 36.4 Å². The van der Waals surface area contributed by atoms with Gasteiger partial charge in [0.1, 0.15) is 11.6 Å². The summed E-state index contributed by atoms with van der Waals surface area (Å²) in [7, 11) is 0. The number of likely N-dealkylation sites (tertiary alicyclic amines) is 1. The number of halogens is 1. The lowest BCUT2D eigenvalue weighted by molar-refractivity contribution is 0.100. The zero-order valence-corrected chi connectivity index (χ0v) is 13.4. The van der Waals surface area contributed by atoms with Gasteiger partial charge in [-0.3, -0.25) is 4.79 Å². The van der Waals surface area contributed by atoms with Crippen LogP contribution < -0.4 is 16.4 Å². The third-order valence-electron chi connectivity index (χ3n) is 5.40. The second-order valence-electron chi connectivity index (χ2n) is 6.67. The third kappa shape index (κ3) is 2.19. The number of nitrogens with two attached hydrogens (primary N) is 1. The Bertz CT molecular complexity index is 762. The van der Waals surface area contributed by atoms with Crippen molar-refractivity contribution >= 4 is 23.5 Å². The van der Waals surface area contributed by atoms with E-state index in [4.69, 9.17) is 11.1 Å². The molecule has 1 amide bonds. The molecule has 126 valence electrons. The maximum Gasteiger partial charge on any atom is 0.250 e. The number of amides is 1. The normalized spacial score (nSPS) is 29.3. The van der Waals surface area contributed by atoms with Crippen LogP contribution in [0.4, 0.5) is 15.8 Å². The molecule has 1 saturated heterocycles. The van der Waals surface area contributed by atoms with Gasteiger partial charge in [0.05, 0.1) is 16.9 Å². The van der Waals surface area contributed by atoms with Gasteiger partial charge >= 0.3 is 0 Å². The van der Waals surface area contributed by atoms with Crippen LogP contribution in [0.25, 0.3) is 0 Å². The number of nitrogens with one attached hydrogen (secondary N) is 3. The molecule has 24 heavy (non-hydrogen) atoms. The lowest BCUT2D eigenvalue weighted by atomic mass is 10.1. The quantitative estimate of drug-likeness (QED) is 0.634. The van der Waals surface area contributed by atoms with E-state index in [2.05, 4.69) is 22.5 Å². The summed E-state index contributed by atoms with van der Waals surface area (Å²) in [4.78, 5) is 14.0. The van der Waals surface area contributed by atoms with Crippen LogP contribution in [-0.2, 0) is 0 Å². The molecule has 5 N–H and O–H groups in total. The molecule has 1 aliphatic carbocycles. The number of allylic oxidation sites excluding steroid dienone is 1. The highest BCUT2D eigenvalue weighted by Gasteiger charge is 2.57. The van der Waals surface area contributed by atoms with Crippen LogP contribution in [0.1, 0.15) is 17.3 Å². The maximum absolute atomic E-state index is 13.7. The number of carbonyl (C=O) groups excluding carboxylic acids is 1. The van der Waals surface area contributed by atoms with E-state index in [9.17, 15) is 9.18 Å². The molecule has 0 bridgehead atoms. The number of hydrogen-bond acceptors (Lipinski definition) is 5. The topological polar surface area (TPSA) is 94.2 Å². The predicted octanol–water partition coefficient (Wildman–Crippen LogP) is 1.82. The fraction of sp³-hybridized carbons (Fsp3) is 0.412. The lowest BCUT2D eigenvalue weighted by Gasteiger charge is -2.18. The summed E-state index contributed by atoms with van der Waals surface area (Å²) in [5.74, 6) is 0.963. The fourth-order valence-corrected chi connectivity index (χ4v) is 4.14. The molecule has 1 saturated carbocycles. The summed E-state index contributed by atoms with van der Waals surface area (Å²) < 4.78 is 13.7. The van der Waals surface area contributed by atoms with Crippen LogP contribution in [0.15, 0.2) is 23.5 Å². The zero-order valence-electron chi connectivity index (χ0n) is 13.4. The van der Waals surface area contributed by atoms with Gasteiger partial charge in [-0.25, -0.2) is 4.39 Å². The number of hydrogen-bond donors (Lipinski definition) is 4. The first-order valence-electron chi connectivity index (χ1n) is 8.17. The van der Waals surface area contributed by atoms with Gasteiger partial charge in [0.15, 0.2) is 0 Å². The summed E-state index contributed by atoms with van der Waals surface area (Å²) in [6.45, 7) is 5.33. The average molecular weight is 329 g/mol. The number of nitrogens with zero attached hydrogens (tertiary/aromatic N) is 1. The second-order valence-corrected chi connectivity index (χ2v) is 6.67. The Morgan fingerprint density at radius 1 is 1.42 bits per heavy atom. The van der Waals surface area contributed by atoms with Crippen molar-refractivity contribution in [2.24, 2.45) is 23.5 Å². The van der Waals surface area contributed by atoms with Gasteiger partial charge in [-0.1, -0.05) is 6.92 Å². The van der Waals surface area contributed by atoms with Gasteiger partial charge in [0, 0.05) is 24.9 Å².